The van der Waals surface area contributed by atoms with Gasteiger partial charge in [-0.2, -0.15) is 4.72 Å². The quantitative estimate of drug-likeness (QED) is 0.841. The Morgan fingerprint density at radius 1 is 1.13 bits per heavy atom. The first kappa shape index (κ1) is 15.9. The zero-order valence-electron chi connectivity index (χ0n) is 12.7. The molecular weight excluding hydrogens is 312 g/mol. The van der Waals surface area contributed by atoms with Gasteiger partial charge in [0.25, 0.3) is 0 Å². The number of rotatable bonds is 4. The Hall–Kier alpha value is -2.02. The van der Waals surface area contributed by atoms with Gasteiger partial charge in [0.05, 0.1) is 11.1 Å². The lowest BCUT2D eigenvalue weighted by Crippen LogP contribution is -2.42. The Morgan fingerprint density at radius 2 is 1.83 bits per heavy atom. The normalized spacial score (nSPS) is 17.5. The number of hydrogen-bond donors (Lipinski definition) is 2. The molecule has 2 N–H and O–H groups in total. The second kappa shape index (κ2) is 6.23. The monoisotopic (exact) mass is 330 g/mol. The van der Waals surface area contributed by atoms with Crippen molar-refractivity contribution in [3.63, 3.8) is 0 Å². The molecule has 0 spiro atoms. The number of ketones is 1. The van der Waals surface area contributed by atoms with E-state index in [1.165, 1.54) is 19.1 Å². The molecule has 0 bridgehead atoms. The fourth-order valence-electron chi connectivity index (χ4n) is 2.82. The molecule has 0 fully saturated rings. The lowest BCUT2D eigenvalue weighted by atomic mass is 9.99. The van der Waals surface area contributed by atoms with E-state index in [4.69, 9.17) is 0 Å². The smallest absolute Gasteiger partial charge is 0.242 e. The fourth-order valence-corrected chi connectivity index (χ4v) is 4.23. The third kappa shape index (κ3) is 3.19. The summed E-state index contributed by atoms with van der Waals surface area (Å²) in [6.45, 7) is 2.06. The minimum absolute atomic E-state index is 0.0114. The summed E-state index contributed by atoms with van der Waals surface area (Å²) in [7, 11) is -3.81. The molecule has 1 aliphatic rings. The topological polar surface area (TPSA) is 75.3 Å². The summed E-state index contributed by atoms with van der Waals surface area (Å²) in [6.07, 6.45) is 0.364. The van der Waals surface area contributed by atoms with Crippen molar-refractivity contribution in [3.8, 4) is 0 Å². The molecule has 0 saturated carbocycles. The summed E-state index contributed by atoms with van der Waals surface area (Å²) in [5, 5.41) is 3.17. The third-order valence-electron chi connectivity index (χ3n) is 3.94. The first-order valence-corrected chi connectivity index (χ1v) is 8.91. The molecule has 1 heterocycles. The molecule has 120 valence electrons. The van der Waals surface area contributed by atoms with Crippen LogP contribution < -0.4 is 10.0 Å². The molecule has 2 aromatic rings. The summed E-state index contributed by atoms with van der Waals surface area (Å²) in [5.74, 6) is -0.275. The molecular formula is C17H18N2O3S. The Bertz CT molecular complexity index is 846. The lowest BCUT2D eigenvalue weighted by molar-refractivity contribution is 0.101. The van der Waals surface area contributed by atoms with Crippen molar-refractivity contribution in [2.45, 2.75) is 24.4 Å². The Balaban J connectivity index is 1.96. The van der Waals surface area contributed by atoms with Gasteiger partial charge in [-0.25, -0.2) is 8.42 Å². The number of hydrogen-bond acceptors (Lipinski definition) is 4. The molecule has 1 atom stereocenters. The van der Waals surface area contributed by atoms with Gasteiger partial charge in [0.1, 0.15) is 0 Å². The Morgan fingerprint density at radius 3 is 2.61 bits per heavy atom. The van der Waals surface area contributed by atoms with E-state index >= 15 is 0 Å². The van der Waals surface area contributed by atoms with Crippen LogP contribution in [0.25, 0.3) is 0 Å². The zero-order chi connectivity index (χ0) is 16.4. The maximum atomic E-state index is 12.7. The van der Waals surface area contributed by atoms with Crippen LogP contribution in [0.5, 0.6) is 0 Å². The number of nitrogens with one attached hydrogen (secondary N) is 2. The number of fused-ring (bicyclic) bond motifs is 1. The number of carbonyl (C=O) groups is 1. The van der Waals surface area contributed by atoms with Gasteiger partial charge in [-0.3, -0.25) is 10.1 Å². The van der Waals surface area contributed by atoms with Crippen LogP contribution in [0.2, 0.25) is 0 Å². The standard InChI is InChI=1S/C17H18N2O3S/c1-12(20)14-7-4-5-9-16(14)23(21,22)19-17-15-8-3-2-6-13(15)10-11-18-17/h2-9,17-19H,10-11H2,1H3. The maximum Gasteiger partial charge on any atom is 0.242 e. The summed E-state index contributed by atoms with van der Waals surface area (Å²) >= 11 is 0. The Labute approximate surface area is 135 Å². The van der Waals surface area contributed by atoms with Crippen molar-refractivity contribution in [2.75, 3.05) is 6.54 Å². The van der Waals surface area contributed by atoms with E-state index in [-0.39, 0.29) is 16.2 Å². The van der Waals surface area contributed by atoms with Crippen molar-refractivity contribution in [3.05, 3.63) is 65.2 Å². The average molecular weight is 330 g/mol. The summed E-state index contributed by atoms with van der Waals surface area (Å²) < 4.78 is 28.1. The van der Waals surface area contributed by atoms with E-state index in [0.717, 1.165) is 17.5 Å². The van der Waals surface area contributed by atoms with Gasteiger partial charge in [-0.05, 0) is 30.5 Å². The molecule has 2 aromatic carbocycles. The number of sulfonamides is 1. The van der Waals surface area contributed by atoms with Gasteiger partial charge in [0.15, 0.2) is 5.78 Å². The highest BCUT2D eigenvalue weighted by atomic mass is 32.2. The highest BCUT2D eigenvalue weighted by Crippen LogP contribution is 2.24. The predicted octanol–water partition coefficient (Wildman–Crippen LogP) is 2.01. The van der Waals surface area contributed by atoms with Crippen molar-refractivity contribution in [2.24, 2.45) is 0 Å². The second-order valence-corrected chi connectivity index (χ2v) is 7.19. The molecule has 1 aliphatic heterocycles. The van der Waals surface area contributed by atoms with E-state index in [0.29, 0.717) is 6.54 Å². The van der Waals surface area contributed by atoms with Gasteiger partial charge in [-0.1, -0.05) is 42.5 Å². The number of carbonyl (C=O) groups excluding carboxylic acids is 1. The van der Waals surface area contributed by atoms with Crippen LogP contribution in [-0.2, 0) is 16.4 Å². The minimum Gasteiger partial charge on any atom is -0.297 e. The van der Waals surface area contributed by atoms with Crippen LogP contribution in [0.15, 0.2) is 53.4 Å². The van der Waals surface area contributed by atoms with E-state index in [2.05, 4.69) is 10.0 Å². The second-order valence-electron chi connectivity index (χ2n) is 5.51. The van der Waals surface area contributed by atoms with Gasteiger partial charge in [0, 0.05) is 12.1 Å². The minimum atomic E-state index is -3.81. The van der Waals surface area contributed by atoms with Crippen LogP contribution in [0.4, 0.5) is 0 Å². The van der Waals surface area contributed by atoms with Gasteiger partial charge in [0.2, 0.25) is 10.0 Å². The average Bonchev–Trinajstić information content (AvgIpc) is 2.55. The van der Waals surface area contributed by atoms with E-state index in [9.17, 15) is 13.2 Å². The first-order valence-electron chi connectivity index (χ1n) is 7.42. The van der Waals surface area contributed by atoms with E-state index < -0.39 is 16.2 Å². The molecule has 6 heteroatoms. The van der Waals surface area contributed by atoms with E-state index in [1.807, 2.05) is 24.3 Å². The molecule has 23 heavy (non-hydrogen) atoms. The first-order chi connectivity index (χ1) is 11.0. The zero-order valence-corrected chi connectivity index (χ0v) is 13.6. The molecule has 1 unspecified atom stereocenters. The molecule has 0 aromatic heterocycles. The van der Waals surface area contributed by atoms with Crippen LogP contribution in [0, 0.1) is 0 Å². The van der Waals surface area contributed by atoms with Gasteiger partial charge in [-0.15, -0.1) is 0 Å². The molecule has 0 amide bonds. The Kier molecular flexibility index (Phi) is 4.30. The van der Waals surface area contributed by atoms with Crippen LogP contribution in [0.3, 0.4) is 0 Å². The molecule has 3 rings (SSSR count). The maximum absolute atomic E-state index is 12.7. The predicted molar refractivity (Wildman–Crippen MR) is 87.7 cm³/mol. The number of Topliss-reactive ketones (excluding diaryl/α,β-unsaturated/α-hetero) is 1. The number of benzene rings is 2. The lowest BCUT2D eigenvalue weighted by Gasteiger charge is -2.27. The van der Waals surface area contributed by atoms with Crippen molar-refractivity contribution in [1.82, 2.24) is 10.0 Å². The molecule has 0 aliphatic carbocycles. The largest absolute Gasteiger partial charge is 0.297 e. The molecule has 0 saturated heterocycles. The van der Waals surface area contributed by atoms with Crippen LogP contribution in [0.1, 0.15) is 34.6 Å². The van der Waals surface area contributed by atoms with E-state index in [1.54, 1.807) is 12.1 Å². The highest BCUT2D eigenvalue weighted by Gasteiger charge is 2.27. The fraction of sp³-hybridized carbons (Fsp3) is 0.235. The highest BCUT2D eigenvalue weighted by molar-refractivity contribution is 7.89. The van der Waals surface area contributed by atoms with Crippen molar-refractivity contribution >= 4 is 15.8 Å². The summed E-state index contributed by atoms with van der Waals surface area (Å²) in [4.78, 5) is 11.7. The molecule has 5 nitrogen and oxygen atoms in total. The van der Waals surface area contributed by atoms with Crippen LogP contribution in [-0.4, -0.2) is 20.7 Å². The molecule has 0 radical (unpaired) electrons. The van der Waals surface area contributed by atoms with Gasteiger partial charge < -0.3 is 0 Å². The summed E-state index contributed by atoms with van der Waals surface area (Å²) in [5.41, 5.74) is 2.24. The van der Waals surface area contributed by atoms with Crippen molar-refractivity contribution < 1.29 is 13.2 Å². The third-order valence-corrected chi connectivity index (χ3v) is 5.42. The summed E-state index contributed by atoms with van der Waals surface area (Å²) in [6, 6.07) is 14.0. The van der Waals surface area contributed by atoms with Gasteiger partial charge >= 0.3 is 0 Å². The van der Waals surface area contributed by atoms with Crippen LogP contribution >= 0.6 is 0 Å². The SMILES string of the molecule is CC(=O)c1ccccc1S(=O)(=O)NC1NCCc2ccccc21. The van der Waals surface area contributed by atoms with Crippen molar-refractivity contribution in [1.29, 1.82) is 0 Å².